The molecule has 0 saturated carbocycles. The third-order valence-electron chi connectivity index (χ3n) is 3.59. The van der Waals surface area contributed by atoms with Crippen LogP contribution in [-0.2, 0) is 11.0 Å². The zero-order chi connectivity index (χ0) is 16.8. The molecule has 2 aromatic carbocycles. The quantitative estimate of drug-likeness (QED) is 0.815. The Hall–Kier alpha value is -2.70. The van der Waals surface area contributed by atoms with E-state index in [-0.39, 0.29) is 12.5 Å². The van der Waals surface area contributed by atoms with Crippen molar-refractivity contribution in [3.05, 3.63) is 47.5 Å². The number of amides is 1. The fraction of sp³-hybridized carbons (Fsp3) is 0.188. The molecule has 23 heavy (non-hydrogen) atoms. The molecule has 0 atom stereocenters. The summed E-state index contributed by atoms with van der Waals surface area (Å²) < 4.78 is 43.7. The van der Waals surface area contributed by atoms with E-state index in [0.717, 1.165) is 12.1 Å². The van der Waals surface area contributed by atoms with Crippen LogP contribution in [0.5, 0.6) is 5.75 Å². The molecule has 1 amide bonds. The summed E-state index contributed by atoms with van der Waals surface area (Å²) in [4.78, 5) is 13.6. The van der Waals surface area contributed by atoms with Gasteiger partial charge in [-0.2, -0.15) is 13.2 Å². The number of nitrogen functional groups attached to an aromatic ring is 1. The highest BCUT2D eigenvalue weighted by Crippen LogP contribution is 2.40. The van der Waals surface area contributed by atoms with Crippen molar-refractivity contribution in [2.75, 3.05) is 17.2 Å². The normalized spacial score (nSPS) is 14.4. The molecule has 7 heteroatoms. The van der Waals surface area contributed by atoms with Crippen LogP contribution in [0, 0.1) is 6.92 Å². The molecule has 120 valence electrons. The standard InChI is InChI=1S/C16H13F3N2O2/c1-9-6-10(16(17,18)19)2-4-12(9)21-13-5-3-11(20)7-14(13)23-8-15(21)22/h2-7H,8,20H2,1H3. The number of benzene rings is 2. The third-order valence-corrected chi connectivity index (χ3v) is 3.59. The van der Waals surface area contributed by atoms with E-state index in [4.69, 9.17) is 10.5 Å². The lowest BCUT2D eigenvalue weighted by Gasteiger charge is -2.30. The Morgan fingerprint density at radius 3 is 2.48 bits per heavy atom. The van der Waals surface area contributed by atoms with Gasteiger partial charge in [0, 0.05) is 11.8 Å². The summed E-state index contributed by atoms with van der Waals surface area (Å²) in [7, 11) is 0. The first kappa shape index (κ1) is 15.2. The van der Waals surface area contributed by atoms with Crippen molar-refractivity contribution >= 4 is 23.0 Å². The zero-order valence-electron chi connectivity index (χ0n) is 12.1. The first-order chi connectivity index (χ1) is 10.8. The molecule has 2 N–H and O–H groups in total. The van der Waals surface area contributed by atoms with Crippen LogP contribution in [-0.4, -0.2) is 12.5 Å². The number of nitrogens with zero attached hydrogens (tertiary/aromatic N) is 1. The van der Waals surface area contributed by atoms with Crippen molar-refractivity contribution in [1.29, 1.82) is 0 Å². The van der Waals surface area contributed by atoms with Crippen LogP contribution in [0.2, 0.25) is 0 Å². The van der Waals surface area contributed by atoms with E-state index in [0.29, 0.717) is 28.4 Å². The number of carbonyl (C=O) groups is 1. The van der Waals surface area contributed by atoms with Gasteiger partial charge in [-0.3, -0.25) is 9.69 Å². The summed E-state index contributed by atoms with van der Waals surface area (Å²) in [6.07, 6.45) is -4.43. The molecule has 0 spiro atoms. The first-order valence-electron chi connectivity index (χ1n) is 6.80. The Labute approximate surface area is 130 Å². The number of nitrogens with two attached hydrogens (primary N) is 1. The summed E-state index contributed by atoms with van der Waals surface area (Å²) >= 11 is 0. The van der Waals surface area contributed by atoms with Crippen LogP contribution < -0.4 is 15.4 Å². The highest BCUT2D eigenvalue weighted by Gasteiger charge is 2.33. The molecule has 2 aromatic rings. The molecule has 0 saturated heterocycles. The van der Waals surface area contributed by atoms with E-state index in [9.17, 15) is 18.0 Å². The second kappa shape index (κ2) is 5.19. The minimum absolute atomic E-state index is 0.198. The Morgan fingerprint density at radius 1 is 1.13 bits per heavy atom. The molecule has 0 unspecified atom stereocenters. The number of rotatable bonds is 1. The maximum absolute atomic E-state index is 12.8. The van der Waals surface area contributed by atoms with Gasteiger partial charge in [0.25, 0.3) is 5.91 Å². The smallest absolute Gasteiger partial charge is 0.416 e. The molecule has 0 radical (unpaired) electrons. The SMILES string of the molecule is Cc1cc(C(F)(F)F)ccc1N1C(=O)COc2cc(N)ccc21. The molecular formula is C16H13F3N2O2. The molecule has 1 aliphatic heterocycles. The highest BCUT2D eigenvalue weighted by atomic mass is 19.4. The maximum atomic E-state index is 12.8. The predicted octanol–water partition coefficient (Wildman–Crippen LogP) is 3.65. The number of halogens is 3. The van der Waals surface area contributed by atoms with Gasteiger partial charge in [-0.15, -0.1) is 0 Å². The second-order valence-corrected chi connectivity index (χ2v) is 5.24. The van der Waals surface area contributed by atoms with Crippen molar-refractivity contribution in [3.63, 3.8) is 0 Å². The Balaban J connectivity index is 2.10. The summed E-state index contributed by atoms with van der Waals surface area (Å²) in [5.41, 5.74) is 6.60. The lowest BCUT2D eigenvalue weighted by Crippen LogP contribution is -2.35. The first-order valence-corrected chi connectivity index (χ1v) is 6.80. The summed E-state index contributed by atoms with van der Waals surface area (Å²) in [6.45, 7) is 1.33. The number of anilines is 3. The summed E-state index contributed by atoms with van der Waals surface area (Å²) in [6, 6.07) is 8.07. The zero-order valence-corrected chi connectivity index (χ0v) is 12.1. The monoisotopic (exact) mass is 322 g/mol. The van der Waals surface area contributed by atoms with E-state index < -0.39 is 11.7 Å². The number of carbonyl (C=O) groups excluding carboxylic acids is 1. The van der Waals surface area contributed by atoms with Crippen LogP contribution in [0.1, 0.15) is 11.1 Å². The molecule has 3 rings (SSSR count). The maximum Gasteiger partial charge on any atom is 0.416 e. The van der Waals surface area contributed by atoms with Gasteiger partial charge in [-0.1, -0.05) is 0 Å². The van der Waals surface area contributed by atoms with Gasteiger partial charge >= 0.3 is 6.18 Å². The molecular weight excluding hydrogens is 309 g/mol. The summed E-state index contributed by atoms with van der Waals surface area (Å²) in [5, 5.41) is 0. The molecule has 0 aromatic heterocycles. The van der Waals surface area contributed by atoms with Crippen molar-refractivity contribution in [2.24, 2.45) is 0 Å². The van der Waals surface area contributed by atoms with Crippen molar-refractivity contribution in [3.8, 4) is 5.75 Å². The van der Waals surface area contributed by atoms with E-state index in [1.165, 1.54) is 17.9 Å². The Bertz CT molecular complexity index is 787. The van der Waals surface area contributed by atoms with Gasteiger partial charge in [0.1, 0.15) is 5.75 Å². The fourth-order valence-corrected chi connectivity index (χ4v) is 2.52. The van der Waals surface area contributed by atoms with Crippen molar-refractivity contribution in [2.45, 2.75) is 13.1 Å². The molecule has 0 bridgehead atoms. The Morgan fingerprint density at radius 2 is 1.83 bits per heavy atom. The molecule has 0 aliphatic carbocycles. The Kier molecular flexibility index (Phi) is 3.43. The average Bonchev–Trinajstić information content (AvgIpc) is 2.47. The van der Waals surface area contributed by atoms with Crippen LogP contribution >= 0.6 is 0 Å². The average molecular weight is 322 g/mol. The second-order valence-electron chi connectivity index (χ2n) is 5.24. The van der Waals surface area contributed by atoms with Crippen LogP contribution in [0.25, 0.3) is 0 Å². The fourth-order valence-electron chi connectivity index (χ4n) is 2.52. The van der Waals surface area contributed by atoms with E-state index in [1.54, 1.807) is 18.2 Å². The van der Waals surface area contributed by atoms with E-state index in [2.05, 4.69) is 0 Å². The van der Waals surface area contributed by atoms with Gasteiger partial charge in [0.05, 0.1) is 16.9 Å². The molecule has 4 nitrogen and oxygen atoms in total. The lowest BCUT2D eigenvalue weighted by molar-refractivity contribution is -0.137. The van der Waals surface area contributed by atoms with Gasteiger partial charge in [0.2, 0.25) is 0 Å². The topological polar surface area (TPSA) is 55.6 Å². The minimum atomic E-state index is -4.43. The number of aryl methyl sites for hydroxylation is 1. The number of hydrogen-bond donors (Lipinski definition) is 1. The summed E-state index contributed by atoms with van der Waals surface area (Å²) in [5.74, 6) is 0.0639. The number of ether oxygens (including phenoxy) is 1. The van der Waals surface area contributed by atoms with E-state index >= 15 is 0 Å². The van der Waals surface area contributed by atoms with Gasteiger partial charge < -0.3 is 10.5 Å². The number of fused-ring (bicyclic) bond motifs is 1. The van der Waals surface area contributed by atoms with E-state index in [1.807, 2.05) is 0 Å². The van der Waals surface area contributed by atoms with Crippen LogP contribution in [0.3, 0.4) is 0 Å². The largest absolute Gasteiger partial charge is 0.481 e. The predicted molar refractivity (Wildman–Crippen MR) is 79.7 cm³/mol. The van der Waals surface area contributed by atoms with Gasteiger partial charge in [-0.25, -0.2) is 0 Å². The third kappa shape index (κ3) is 2.69. The lowest BCUT2D eigenvalue weighted by atomic mass is 10.1. The highest BCUT2D eigenvalue weighted by molar-refractivity contribution is 6.05. The van der Waals surface area contributed by atoms with Crippen molar-refractivity contribution in [1.82, 2.24) is 0 Å². The molecule has 1 heterocycles. The number of hydrogen-bond acceptors (Lipinski definition) is 3. The van der Waals surface area contributed by atoms with Gasteiger partial charge in [-0.05, 0) is 42.8 Å². The minimum Gasteiger partial charge on any atom is -0.481 e. The molecule has 1 aliphatic rings. The van der Waals surface area contributed by atoms with Crippen LogP contribution in [0.15, 0.2) is 36.4 Å². The molecule has 0 fully saturated rings. The van der Waals surface area contributed by atoms with Gasteiger partial charge in [0.15, 0.2) is 6.61 Å². The van der Waals surface area contributed by atoms with Crippen LogP contribution in [0.4, 0.5) is 30.2 Å². The van der Waals surface area contributed by atoms with Crippen molar-refractivity contribution < 1.29 is 22.7 Å². The number of alkyl halides is 3.